The van der Waals surface area contributed by atoms with Crippen LogP contribution in [0, 0.1) is 0 Å². The van der Waals surface area contributed by atoms with E-state index in [2.05, 4.69) is 19.8 Å². The van der Waals surface area contributed by atoms with Gasteiger partial charge in [-0.2, -0.15) is 4.98 Å². The second-order valence-corrected chi connectivity index (χ2v) is 8.19. The highest BCUT2D eigenvalue weighted by atomic mass is 16.5. The second kappa shape index (κ2) is 9.53. The molecule has 0 spiro atoms. The average Bonchev–Trinajstić information content (AvgIpc) is 2.89. The summed E-state index contributed by atoms with van der Waals surface area (Å²) in [4.78, 5) is 45.1. The van der Waals surface area contributed by atoms with Gasteiger partial charge in [-0.1, -0.05) is 12.1 Å². The molecule has 0 atom stereocenters. The van der Waals surface area contributed by atoms with Crippen LogP contribution in [0.2, 0.25) is 0 Å². The topological polar surface area (TPSA) is 96.7 Å². The molecule has 10 heteroatoms. The number of carbonyl (C=O) groups is 1. The van der Waals surface area contributed by atoms with Gasteiger partial charge in [-0.3, -0.25) is 14.2 Å². The van der Waals surface area contributed by atoms with Gasteiger partial charge in [0.2, 0.25) is 11.9 Å². The number of aromatic nitrogens is 4. The molecular formula is C23H27N7O3. The van der Waals surface area contributed by atoms with Crippen molar-refractivity contribution in [3.05, 3.63) is 53.2 Å². The summed E-state index contributed by atoms with van der Waals surface area (Å²) in [6, 6.07) is 9.17. The number of hydrogen-bond acceptors (Lipinski definition) is 8. The number of nitrogens with zero attached hydrogens (tertiary/aromatic N) is 7. The molecule has 5 rings (SSSR count). The predicted molar refractivity (Wildman–Crippen MR) is 124 cm³/mol. The molecule has 1 amide bonds. The van der Waals surface area contributed by atoms with Gasteiger partial charge in [0, 0.05) is 58.4 Å². The summed E-state index contributed by atoms with van der Waals surface area (Å²) < 4.78 is 6.93. The first-order valence-corrected chi connectivity index (χ1v) is 11.3. The van der Waals surface area contributed by atoms with Crippen molar-refractivity contribution in [3.63, 3.8) is 0 Å². The molecule has 172 valence electrons. The molecule has 2 fully saturated rings. The van der Waals surface area contributed by atoms with Crippen LogP contribution in [-0.2, 0) is 16.1 Å². The molecular weight excluding hydrogens is 422 g/mol. The fourth-order valence-corrected chi connectivity index (χ4v) is 4.26. The van der Waals surface area contributed by atoms with Crippen LogP contribution in [0.4, 0.5) is 11.8 Å². The van der Waals surface area contributed by atoms with Crippen LogP contribution in [0.15, 0.2) is 47.7 Å². The van der Waals surface area contributed by atoms with E-state index in [1.54, 1.807) is 12.3 Å². The molecule has 2 aliphatic heterocycles. The van der Waals surface area contributed by atoms with Gasteiger partial charge in [0.1, 0.15) is 5.82 Å². The lowest BCUT2D eigenvalue weighted by molar-refractivity contribution is -0.131. The quantitative estimate of drug-likeness (QED) is 0.563. The zero-order valence-corrected chi connectivity index (χ0v) is 18.5. The van der Waals surface area contributed by atoms with E-state index in [4.69, 9.17) is 9.72 Å². The molecule has 0 unspecified atom stereocenters. The Labute approximate surface area is 191 Å². The van der Waals surface area contributed by atoms with Crippen LogP contribution < -0.4 is 15.4 Å². The molecule has 0 aliphatic carbocycles. The SMILES string of the molecule is O=C(CCn1cnc2ccccc2c1=O)N1CCN(c2ccnc(N3CCOCC3)n2)CC1. The summed E-state index contributed by atoms with van der Waals surface area (Å²) in [5.41, 5.74) is 0.556. The van der Waals surface area contributed by atoms with Crippen molar-refractivity contribution in [2.45, 2.75) is 13.0 Å². The summed E-state index contributed by atoms with van der Waals surface area (Å²) in [5.74, 6) is 1.66. The summed E-state index contributed by atoms with van der Waals surface area (Å²) in [7, 11) is 0. The number of benzene rings is 1. The number of ether oxygens (including phenoxy) is 1. The van der Waals surface area contributed by atoms with Gasteiger partial charge in [-0.15, -0.1) is 0 Å². The Morgan fingerprint density at radius 2 is 1.73 bits per heavy atom. The van der Waals surface area contributed by atoms with Crippen LogP contribution in [0.1, 0.15) is 6.42 Å². The molecule has 10 nitrogen and oxygen atoms in total. The lowest BCUT2D eigenvalue weighted by Gasteiger charge is -2.36. The number of para-hydroxylation sites is 1. The fraction of sp³-hybridized carbons (Fsp3) is 0.435. The second-order valence-electron chi connectivity index (χ2n) is 8.19. The molecule has 33 heavy (non-hydrogen) atoms. The van der Waals surface area contributed by atoms with Crippen molar-refractivity contribution in [1.82, 2.24) is 24.4 Å². The normalized spacial score (nSPS) is 16.9. The first-order valence-electron chi connectivity index (χ1n) is 11.3. The minimum Gasteiger partial charge on any atom is -0.378 e. The number of rotatable bonds is 5. The minimum absolute atomic E-state index is 0.0476. The molecule has 2 saturated heterocycles. The molecule has 2 aromatic heterocycles. The van der Waals surface area contributed by atoms with Crippen molar-refractivity contribution < 1.29 is 9.53 Å². The Hall–Kier alpha value is -3.53. The van der Waals surface area contributed by atoms with Crippen molar-refractivity contribution in [3.8, 4) is 0 Å². The summed E-state index contributed by atoms with van der Waals surface area (Å²) in [6.45, 7) is 5.96. The van der Waals surface area contributed by atoms with Crippen LogP contribution in [0.3, 0.4) is 0 Å². The first-order chi connectivity index (χ1) is 16.2. The largest absolute Gasteiger partial charge is 0.378 e. The van der Waals surface area contributed by atoms with Crippen molar-refractivity contribution >= 4 is 28.6 Å². The van der Waals surface area contributed by atoms with Crippen molar-refractivity contribution in [1.29, 1.82) is 0 Å². The highest BCUT2D eigenvalue weighted by molar-refractivity contribution is 5.77. The van der Waals surface area contributed by atoms with E-state index >= 15 is 0 Å². The molecule has 0 radical (unpaired) electrons. The molecule has 0 bridgehead atoms. The van der Waals surface area contributed by atoms with E-state index in [0.717, 1.165) is 24.9 Å². The third kappa shape index (κ3) is 4.65. The number of anilines is 2. The monoisotopic (exact) mass is 449 g/mol. The van der Waals surface area contributed by atoms with E-state index in [-0.39, 0.29) is 17.9 Å². The van der Waals surface area contributed by atoms with Crippen LogP contribution in [0.5, 0.6) is 0 Å². The van der Waals surface area contributed by atoms with E-state index < -0.39 is 0 Å². The van der Waals surface area contributed by atoms with Gasteiger partial charge in [0.15, 0.2) is 0 Å². The van der Waals surface area contributed by atoms with Gasteiger partial charge in [-0.25, -0.2) is 9.97 Å². The number of amides is 1. The molecule has 1 aromatic carbocycles. The molecule has 0 saturated carbocycles. The fourth-order valence-electron chi connectivity index (χ4n) is 4.26. The summed E-state index contributed by atoms with van der Waals surface area (Å²) in [5, 5.41) is 0.572. The molecule has 0 N–H and O–H groups in total. The number of morpholine rings is 1. The van der Waals surface area contributed by atoms with Crippen molar-refractivity contribution in [2.24, 2.45) is 0 Å². The zero-order valence-electron chi connectivity index (χ0n) is 18.5. The lowest BCUT2D eigenvalue weighted by Crippen LogP contribution is -2.49. The third-order valence-corrected chi connectivity index (χ3v) is 6.18. The van der Waals surface area contributed by atoms with Crippen LogP contribution in [-0.4, -0.2) is 82.8 Å². The highest BCUT2D eigenvalue weighted by Gasteiger charge is 2.23. The third-order valence-electron chi connectivity index (χ3n) is 6.18. The maximum absolute atomic E-state index is 12.8. The van der Waals surface area contributed by atoms with Gasteiger partial charge in [0.05, 0.1) is 30.4 Å². The highest BCUT2D eigenvalue weighted by Crippen LogP contribution is 2.18. The van der Waals surface area contributed by atoms with Crippen molar-refractivity contribution in [2.75, 3.05) is 62.3 Å². The van der Waals surface area contributed by atoms with Crippen LogP contribution >= 0.6 is 0 Å². The van der Waals surface area contributed by atoms with Gasteiger partial charge in [-0.05, 0) is 18.2 Å². The van der Waals surface area contributed by atoms with Gasteiger partial charge >= 0.3 is 0 Å². The number of fused-ring (bicyclic) bond motifs is 1. The summed E-state index contributed by atoms with van der Waals surface area (Å²) >= 11 is 0. The van der Waals surface area contributed by atoms with E-state index in [9.17, 15) is 9.59 Å². The van der Waals surface area contributed by atoms with Crippen LogP contribution in [0.25, 0.3) is 10.9 Å². The maximum Gasteiger partial charge on any atom is 0.261 e. The van der Waals surface area contributed by atoms with E-state index in [1.807, 2.05) is 29.2 Å². The number of hydrogen-bond donors (Lipinski definition) is 0. The first kappa shape index (κ1) is 21.3. The number of piperazine rings is 1. The Morgan fingerprint density at radius 3 is 2.55 bits per heavy atom. The number of aryl methyl sites for hydroxylation is 1. The average molecular weight is 450 g/mol. The zero-order chi connectivity index (χ0) is 22.6. The Balaban J connectivity index is 1.16. The standard InChI is InChI=1S/C23H27N7O3/c31-21(6-8-30-17-25-19-4-2-1-3-18(19)22(30)32)28-11-9-27(10-12-28)20-5-7-24-23(26-20)29-13-15-33-16-14-29/h1-5,7,17H,6,8-16H2. The Bertz CT molecular complexity index is 1180. The Morgan fingerprint density at radius 1 is 0.939 bits per heavy atom. The van der Waals surface area contributed by atoms with Gasteiger partial charge in [0.25, 0.3) is 5.56 Å². The predicted octanol–water partition coefficient (Wildman–Crippen LogP) is 0.762. The van der Waals surface area contributed by atoms with Gasteiger partial charge < -0.3 is 19.4 Å². The molecule has 4 heterocycles. The minimum atomic E-state index is -0.113. The lowest BCUT2D eigenvalue weighted by atomic mass is 10.2. The smallest absolute Gasteiger partial charge is 0.261 e. The maximum atomic E-state index is 12.8. The summed E-state index contributed by atoms with van der Waals surface area (Å²) in [6.07, 6.45) is 3.59. The number of carbonyl (C=O) groups excluding carboxylic acids is 1. The van der Waals surface area contributed by atoms with E-state index in [0.29, 0.717) is 56.8 Å². The Kier molecular flexibility index (Phi) is 6.16. The van der Waals surface area contributed by atoms with E-state index in [1.165, 1.54) is 10.9 Å². The molecule has 3 aromatic rings. The molecule has 2 aliphatic rings.